The van der Waals surface area contributed by atoms with E-state index < -0.39 is 0 Å². The van der Waals surface area contributed by atoms with Gasteiger partial charge in [-0.05, 0) is 0 Å². The molecule has 0 radical (unpaired) electrons. The number of oxime groups is 1. The largest absolute Gasteiger partial charge is 0.392 e. The third kappa shape index (κ3) is 1.95. The molecule has 0 spiro atoms. The van der Waals surface area contributed by atoms with E-state index in [9.17, 15) is 0 Å². The van der Waals surface area contributed by atoms with Crippen LogP contribution in [0.5, 0.6) is 0 Å². The normalized spacial score (nSPS) is 35.0. The molecule has 4 heteroatoms. The van der Waals surface area contributed by atoms with E-state index >= 15 is 0 Å². The molecule has 0 bridgehead atoms. The van der Waals surface area contributed by atoms with Crippen molar-refractivity contribution >= 4 is 6.21 Å². The first-order valence-corrected chi connectivity index (χ1v) is 4.57. The zero-order valence-electron chi connectivity index (χ0n) is 7.12. The lowest BCUT2D eigenvalue weighted by molar-refractivity contribution is 0.0692. The molecule has 0 aromatic heterocycles. The van der Waals surface area contributed by atoms with Gasteiger partial charge in [0, 0.05) is 44.7 Å². The van der Waals surface area contributed by atoms with Crippen LogP contribution in [0.4, 0.5) is 0 Å². The Bertz CT molecular complexity index is 158. The average Bonchev–Trinajstić information content (AvgIpc) is 2.59. The van der Waals surface area contributed by atoms with E-state index in [1.54, 1.807) is 0 Å². The Kier molecular flexibility index (Phi) is 2.58. The molecule has 2 N–H and O–H groups in total. The van der Waals surface area contributed by atoms with Crippen LogP contribution in [0.3, 0.4) is 0 Å². The minimum absolute atomic E-state index is 0.308. The van der Waals surface area contributed by atoms with Gasteiger partial charge in [0.25, 0.3) is 0 Å². The highest BCUT2D eigenvalue weighted by molar-refractivity contribution is 5.58. The molecule has 0 amide bonds. The van der Waals surface area contributed by atoms with Crippen molar-refractivity contribution < 1.29 is 4.84 Å². The number of nitrogens with one attached hydrogen (secondary N) is 2. The maximum absolute atomic E-state index is 5.16. The minimum Gasteiger partial charge on any atom is -0.392 e. The third-order valence-electron chi connectivity index (χ3n) is 2.33. The van der Waals surface area contributed by atoms with Crippen molar-refractivity contribution in [2.24, 2.45) is 5.16 Å². The van der Waals surface area contributed by atoms with E-state index in [-0.39, 0.29) is 0 Å². The molecule has 12 heavy (non-hydrogen) atoms. The van der Waals surface area contributed by atoms with Crippen molar-refractivity contribution in [1.82, 2.24) is 10.6 Å². The van der Waals surface area contributed by atoms with Gasteiger partial charge in [0.1, 0.15) is 6.10 Å². The fraction of sp³-hybridized carbons (Fsp3) is 0.875. The average molecular weight is 169 g/mol. The van der Waals surface area contributed by atoms with Crippen LogP contribution in [0.1, 0.15) is 12.8 Å². The second kappa shape index (κ2) is 3.87. The monoisotopic (exact) mass is 169 g/mol. The van der Waals surface area contributed by atoms with Crippen molar-refractivity contribution in [2.45, 2.75) is 25.0 Å². The minimum atomic E-state index is 0.308. The van der Waals surface area contributed by atoms with Crippen LogP contribution in [0, 0.1) is 0 Å². The molecule has 0 saturated carbocycles. The van der Waals surface area contributed by atoms with Crippen LogP contribution in [-0.2, 0) is 4.84 Å². The lowest BCUT2D eigenvalue weighted by Crippen LogP contribution is -2.49. The van der Waals surface area contributed by atoms with Gasteiger partial charge in [0.05, 0.1) is 0 Å². The Morgan fingerprint density at radius 1 is 1.50 bits per heavy atom. The lowest BCUT2D eigenvalue weighted by Gasteiger charge is -2.25. The van der Waals surface area contributed by atoms with Gasteiger partial charge in [-0.2, -0.15) is 0 Å². The van der Waals surface area contributed by atoms with Gasteiger partial charge in [-0.25, -0.2) is 0 Å². The molecular formula is C8H15N3O. The maximum atomic E-state index is 5.16. The molecule has 1 saturated heterocycles. The number of nitrogens with zero attached hydrogens (tertiary/aromatic N) is 1. The summed E-state index contributed by atoms with van der Waals surface area (Å²) < 4.78 is 0. The number of hydrogen-bond acceptors (Lipinski definition) is 4. The summed E-state index contributed by atoms with van der Waals surface area (Å²) in [5.41, 5.74) is 0. The number of piperazine rings is 1. The smallest absolute Gasteiger partial charge is 0.134 e. The summed E-state index contributed by atoms with van der Waals surface area (Å²) in [6.45, 7) is 3.20. The molecular weight excluding hydrogens is 154 g/mol. The molecule has 2 unspecified atom stereocenters. The first-order valence-electron chi connectivity index (χ1n) is 4.57. The highest BCUT2D eigenvalue weighted by atomic mass is 16.6. The molecule has 2 aliphatic heterocycles. The second-order valence-electron chi connectivity index (χ2n) is 3.34. The summed E-state index contributed by atoms with van der Waals surface area (Å²) in [6, 6.07) is 0.561. The molecule has 4 nitrogen and oxygen atoms in total. The van der Waals surface area contributed by atoms with Crippen LogP contribution >= 0.6 is 0 Å². The molecule has 1 fully saturated rings. The first kappa shape index (κ1) is 8.01. The van der Waals surface area contributed by atoms with Gasteiger partial charge in [-0.1, -0.05) is 5.16 Å². The van der Waals surface area contributed by atoms with Gasteiger partial charge in [-0.15, -0.1) is 0 Å². The highest BCUT2D eigenvalue weighted by Crippen LogP contribution is 2.11. The Morgan fingerprint density at radius 2 is 2.50 bits per heavy atom. The van der Waals surface area contributed by atoms with Crippen LogP contribution < -0.4 is 10.6 Å². The molecule has 2 rings (SSSR count). The third-order valence-corrected chi connectivity index (χ3v) is 2.33. The summed E-state index contributed by atoms with van der Waals surface area (Å²) in [7, 11) is 0. The maximum Gasteiger partial charge on any atom is 0.134 e. The zero-order valence-corrected chi connectivity index (χ0v) is 7.12. The van der Waals surface area contributed by atoms with E-state index in [1.165, 1.54) is 0 Å². The van der Waals surface area contributed by atoms with E-state index in [2.05, 4.69) is 15.8 Å². The topological polar surface area (TPSA) is 45.6 Å². The van der Waals surface area contributed by atoms with Crippen LogP contribution in [0.25, 0.3) is 0 Å². The SMILES string of the molecule is C1=NOC(CC2CNCCN2)C1. The van der Waals surface area contributed by atoms with Gasteiger partial charge >= 0.3 is 0 Å². The molecule has 0 aromatic carbocycles. The van der Waals surface area contributed by atoms with E-state index in [0.29, 0.717) is 12.1 Å². The van der Waals surface area contributed by atoms with Crippen molar-refractivity contribution in [3.05, 3.63) is 0 Å². The summed E-state index contributed by atoms with van der Waals surface area (Å²) in [5.74, 6) is 0. The summed E-state index contributed by atoms with van der Waals surface area (Å²) in [6.07, 6.45) is 4.19. The first-order chi connectivity index (χ1) is 5.95. The van der Waals surface area contributed by atoms with Crippen molar-refractivity contribution in [3.63, 3.8) is 0 Å². The Morgan fingerprint density at radius 3 is 3.17 bits per heavy atom. The molecule has 2 aliphatic rings. The van der Waals surface area contributed by atoms with Crippen molar-refractivity contribution in [3.8, 4) is 0 Å². The van der Waals surface area contributed by atoms with Crippen LogP contribution in [0.15, 0.2) is 5.16 Å². The van der Waals surface area contributed by atoms with Gasteiger partial charge in [0.2, 0.25) is 0 Å². The summed E-state index contributed by atoms with van der Waals surface area (Å²) >= 11 is 0. The number of rotatable bonds is 2. The van der Waals surface area contributed by atoms with E-state index in [4.69, 9.17) is 4.84 Å². The lowest BCUT2D eigenvalue weighted by atomic mass is 10.1. The van der Waals surface area contributed by atoms with Gasteiger partial charge < -0.3 is 15.5 Å². The quantitative estimate of drug-likeness (QED) is 0.597. The second-order valence-corrected chi connectivity index (χ2v) is 3.34. The number of hydrogen-bond donors (Lipinski definition) is 2. The van der Waals surface area contributed by atoms with Crippen LogP contribution in [0.2, 0.25) is 0 Å². The predicted octanol–water partition coefficient (Wildman–Crippen LogP) is -0.287. The van der Waals surface area contributed by atoms with E-state index in [1.807, 2.05) is 6.21 Å². The summed E-state index contributed by atoms with van der Waals surface area (Å²) in [4.78, 5) is 5.16. The van der Waals surface area contributed by atoms with Gasteiger partial charge in [-0.3, -0.25) is 0 Å². The summed E-state index contributed by atoms with van der Waals surface area (Å²) in [5, 5.41) is 10.6. The molecule has 68 valence electrons. The van der Waals surface area contributed by atoms with Gasteiger partial charge in [0.15, 0.2) is 0 Å². The standard InChI is InChI=1S/C8H15N3O/c1-2-11-12-8(1)5-7-6-9-3-4-10-7/h2,7-10H,1,3-6H2. The fourth-order valence-corrected chi connectivity index (χ4v) is 1.67. The predicted molar refractivity (Wildman–Crippen MR) is 47.3 cm³/mol. The Labute approximate surface area is 72.3 Å². The van der Waals surface area contributed by atoms with Crippen molar-refractivity contribution in [2.75, 3.05) is 19.6 Å². The molecule has 0 aromatic rings. The van der Waals surface area contributed by atoms with Crippen LogP contribution in [-0.4, -0.2) is 38.0 Å². The molecule has 0 aliphatic carbocycles. The van der Waals surface area contributed by atoms with E-state index in [0.717, 1.165) is 32.5 Å². The molecule has 2 heterocycles. The Balaban J connectivity index is 1.70. The molecule has 2 atom stereocenters. The van der Waals surface area contributed by atoms with Crippen molar-refractivity contribution in [1.29, 1.82) is 0 Å². The fourth-order valence-electron chi connectivity index (χ4n) is 1.67. The highest BCUT2D eigenvalue weighted by Gasteiger charge is 2.20. The zero-order chi connectivity index (χ0) is 8.23. The Hall–Kier alpha value is -0.610.